The van der Waals surface area contributed by atoms with Crippen molar-refractivity contribution in [2.75, 3.05) is 19.7 Å². The molecule has 0 bridgehead atoms. The highest BCUT2D eigenvalue weighted by Crippen LogP contribution is 2.16. The van der Waals surface area contributed by atoms with E-state index < -0.39 is 0 Å². The van der Waals surface area contributed by atoms with E-state index in [1.807, 2.05) is 0 Å². The maximum atomic E-state index is 12.3. The lowest BCUT2D eigenvalue weighted by Gasteiger charge is -2.33. The molecule has 1 aromatic heterocycles. The molecule has 2 heterocycles. The Kier molecular flexibility index (Phi) is 3.96. The fourth-order valence-electron chi connectivity index (χ4n) is 2.21. The van der Waals surface area contributed by atoms with Crippen molar-refractivity contribution in [2.45, 2.75) is 33.3 Å². The third-order valence-corrected chi connectivity index (χ3v) is 3.09. The first-order valence-electron chi connectivity index (χ1n) is 6.36. The van der Waals surface area contributed by atoms with Crippen LogP contribution in [0, 0.1) is 12.8 Å². The van der Waals surface area contributed by atoms with Gasteiger partial charge in [-0.1, -0.05) is 13.8 Å². The van der Waals surface area contributed by atoms with Crippen LogP contribution in [-0.4, -0.2) is 52.0 Å². The molecule has 6 heteroatoms. The number of morpholine rings is 1. The van der Waals surface area contributed by atoms with Gasteiger partial charge in [-0.3, -0.25) is 4.79 Å². The summed E-state index contributed by atoms with van der Waals surface area (Å²) in [4.78, 5) is 14.1. The summed E-state index contributed by atoms with van der Waals surface area (Å²) in [5.74, 6) is 0.511. The molecular weight excluding hydrogens is 232 g/mol. The zero-order valence-corrected chi connectivity index (χ0v) is 11.1. The smallest absolute Gasteiger partial charge is 0.276 e. The molecule has 1 atom stereocenters. The summed E-state index contributed by atoms with van der Waals surface area (Å²) in [6, 6.07) is 0. The van der Waals surface area contributed by atoms with Crippen LogP contribution >= 0.6 is 0 Å². The van der Waals surface area contributed by atoms with Gasteiger partial charge in [0.1, 0.15) is 0 Å². The molecule has 100 valence electrons. The van der Waals surface area contributed by atoms with E-state index in [0.717, 1.165) is 6.42 Å². The molecule has 0 saturated carbocycles. The predicted octanol–water partition coefficient (Wildman–Crippen LogP) is 1.00. The highest BCUT2D eigenvalue weighted by molar-refractivity contribution is 5.93. The Hall–Kier alpha value is -1.43. The Labute approximate surface area is 107 Å². The summed E-state index contributed by atoms with van der Waals surface area (Å²) in [6.45, 7) is 7.96. The number of hydrogen-bond acceptors (Lipinski definition) is 4. The maximum absolute atomic E-state index is 12.3. The van der Waals surface area contributed by atoms with Gasteiger partial charge in [0.25, 0.3) is 5.91 Å². The monoisotopic (exact) mass is 252 g/mol. The molecule has 0 aromatic carbocycles. The summed E-state index contributed by atoms with van der Waals surface area (Å²) in [5.41, 5.74) is 1.06. The minimum Gasteiger partial charge on any atom is -0.375 e. The molecule has 2 rings (SSSR count). The number of H-pyrrole nitrogens is 1. The number of carbonyl (C=O) groups is 1. The second-order valence-corrected chi connectivity index (χ2v) is 5.13. The van der Waals surface area contributed by atoms with Crippen LogP contribution < -0.4 is 0 Å². The molecule has 0 radical (unpaired) electrons. The van der Waals surface area contributed by atoms with E-state index in [1.165, 1.54) is 0 Å². The molecule has 1 aliphatic rings. The minimum atomic E-state index is -0.0571. The van der Waals surface area contributed by atoms with Gasteiger partial charge in [0, 0.05) is 13.1 Å². The highest BCUT2D eigenvalue weighted by atomic mass is 16.5. The van der Waals surface area contributed by atoms with Crippen molar-refractivity contribution in [3.8, 4) is 0 Å². The Balaban J connectivity index is 2.01. The molecule has 0 aliphatic carbocycles. The lowest BCUT2D eigenvalue weighted by atomic mass is 10.0. The van der Waals surface area contributed by atoms with E-state index in [9.17, 15) is 4.79 Å². The van der Waals surface area contributed by atoms with Gasteiger partial charge in [-0.25, -0.2) is 0 Å². The van der Waals surface area contributed by atoms with Gasteiger partial charge < -0.3 is 9.64 Å². The van der Waals surface area contributed by atoms with Gasteiger partial charge >= 0.3 is 0 Å². The van der Waals surface area contributed by atoms with E-state index in [1.54, 1.807) is 11.8 Å². The minimum absolute atomic E-state index is 0.0571. The van der Waals surface area contributed by atoms with Gasteiger partial charge in [-0.15, -0.1) is 0 Å². The average Bonchev–Trinajstić information content (AvgIpc) is 2.74. The SMILES string of the molecule is Cc1n[nH]nc1C(=O)N1CCO[C@@H](CC(C)C)C1. The summed E-state index contributed by atoms with van der Waals surface area (Å²) in [5, 5.41) is 10.3. The fraction of sp³-hybridized carbons (Fsp3) is 0.750. The number of aryl methyl sites for hydroxylation is 1. The van der Waals surface area contributed by atoms with E-state index in [0.29, 0.717) is 37.0 Å². The van der Waals surface area contributed by atoms with Crippen LogP contribution in [0.15, 0.2) is 0 Å². The molecule has 6 nitrogen and oxygen atoms in total. The maximum Gasteiger partial charge on any atom is 0.276 e. The Morgan fingerprint density at radius 2 is 2.33 bits per heavy atom. The van der Waals surface area contributed by atoms with Crippen molar-refractivity contribution in [1.82, 2.24) is 20.3 Å². The number of nitrogens with zero attached hydrogens (tertiary/aromatic N) is 3. The lowest BCUT2D eigenvalue weighted by Crippen LogP contribution is -2.46. The fourth-order valence-corrected chi connectivity index (χ4v) is 2.21. The highest BCUT2D eigenvalue weighted by Gasteiger charge is 2.27. The van der Waals surface area contributed by atoms with Crippen molar-refractivity contribution in [3.05, 3.63) is 11.4 Å². The molecule has 18 heavy (non-hydrogen) atoms. The number of carbonyl (C=O) groups excluding carboxylic acids is 1. The Morgan fingerprint density at radius 3 is 2.94 bits per heavy atom. The molecule has 1 amide bonds. The van der Waals surface area contributed by atoms with Gasteiger partial charge in [0.15, 0.2) is 5.69 Å². The van der Waals surface area contributed by atoms with Crippen LogP contribution in [-0.2, 0) is 4.74 Å². The van der Waals surface area contributed by atoms with Crippen molar-refractivity contribution in [2.24, 2.45) is 5.92 Å². The molecule has 1 N–H and O–H groups in total. The molecule has 1 saturated heterocycles. The number of amides is 1. The van der Waals surface area contributed by atoms with Crippen LogP contribution in [0.25, 0.3) is 0 Å². The zero-order valence-electron chi connectivity index (χ0n) is 11.1. The van der Waals surface area contributed by atoms with E-state index in [2.05, 4.69) is 29.3 Å². The molecule has 0 spiro atoms. The van der Waals surface area contributed by atoms with Crippen LogP contribution in [0.4, 0.5) is 0 Å². The topological polar surface area (TPSA) is 71.1 Å². The van der Waals surface area contributed by atoms with Crippen LogP contribution in [0.3, 0.4) is 0 Å². The Bertz CT molecular complexity index is 416. The number of nitrogens with one attached hydrogen (secondary N) is 1. The van der Waals surface area contributed by atoms with Crippen molar-refractivity contribution >= 4 is 5.91 Å². The lowest BCUT2D eigenvalue weighted by molar-refractivity contribution is -0.0300. The first-order chi connectivity index (χ1) is 8.58. The third kappa shape index (κ3) is 2.87. The molecule has 0 unspecified atom stereocenters. The summed E-state index contributed by atoms with van der Waals surface area (Å²) in [6.07, 6.45) is 1.11. The first kappa shape index (κ1) is 13.0. The number of rotatable bonds is 3. The van der Waals surface area contributed by atoms with E-state index in [4.69, 9.17) is 4.74 Å². The summed E-state index contributed by atoms with van der Waals surface area (Å²) < 4.78 is 5.68. The predicted molar refractivity (Wildman–Crippen MR) is 66.2 cm³/mol. The molecule has 1 fully saturated rings. The molecular formula is C12H20N4O2. The van der Waals surface area contributed by atoms with Crippen LogP contribution in [0.2, 0.25) is 0 Å². The van der Waals surface area contributed by atoms with Crippen molar-refractivity contribution in [1.29, 1.82) is 0 Å². The molecule has 1 aromatic rings. The normalized spacial score (nSPS) is 20.4. The van der Waals surface area contributed by atoms with Gasteiger partial charge in [-0.05, 0) is 19.3 Å². The first-order valence-corrected chi connectivity index (χ1v) is 6.36. The largest absolute Gasteiger partial charge is 0.375 e. The number of ether oxygens (including phenoxy) is 1. The summed E-state index contributed by atoms with van der Waals surface area (Å²) >= 11 is 0. The second-order valence-electron chi connectivity index (χ2n) is 5.13. The van der Waals surface area contributed by atoms with Crippen LogP contribution in [0.1, 0.15) is 36.5 Å². The van der Waals surface area contributed by atoms with Crippen molar-refractivity contribution < 1.29 is 9.53 Å². The number of aromatic amines is 1. The number of hydrogen-bond donors (Lipinski definition) is 1. The third-order valence-electron chi connectivity index (χ3n) is 3.09. The van der Waals surface area contributed by atoms with Crippen molar-refractivity contribution in [3.63, 3.8) is 0 Å². The quantitative estimate of drug-likeness (QED) is 0.871. The average molecular weight is 252 g/mol. The number of aromatic nitrogens is 3. The van der Waals surface area contributed by atoms with Crippen LogP contribution in [0.5, 0.6) is 0 Å². The van der Waals surface area contributed by atoms with E-state index in [-0.39, 0.29) is 12.0 Å². The Morgan fingerprint density at radius 1 is 1.56 bits per heavy atom. The van der Waals surface area contributed by atoms with Gasteiger partial charge in [0.2, 0.25) is 0 Å². The summed E-state index contributed by atoms with van der Waals surface area (Å²) in [7, 11) is 0. The zero-order chi connectivity index (χ0) is 13.1. The molecule has 1 aliphatic heterocycles. The van der Waals surface area contributed by atoms with Gasteiger partial charge in [0.05, 0.1) is 18.4 Å². The van der Waals surface area contributed by atoms with E-state index >= 15 is 0 Å². The standard InChI is InChI=1S/C12H20N4O2/c1-8(2)6-10-7-16(4-5-18-10)12(17)11-9(3)13-15-14-11/h8,10H,4-7H2,1-3H3,(H,13,14,15)/t10-/m0/s1. The van der Waals surface area contributed by atoms with Gasteiger partial charge in [-0.2, -0.15) is 15.4 Å². The second kappa shape index (κ2) is 5.48.